The predicted molar refractivity (Wildman–Crippen MR) is 85.7 cm³/mol. The lowest BCUT2D eigenvalue weighted by Crippen LogP contribution is -2.45. The molecule has 0 spiro atoms. The van der Waals surface area contributed by atoms with Crippen molar-refractivity contribution in [3.63, 3.8) is 0 Å². The standard InChI is InChI=1S/C16H17F2N3O4S/c17-14(18)16-20-19-15(25-16)9-5-6-10-8-21(26(23,24)13(10)7-9)11-3-1-2-4-12(11)22/h5-7,11-12,14,22H,1-4,8H2/t11-,12-/m1/s1. The van der Waals surface area contributed by atoms with Crippen LogP contribution in [0.5, 0.6) is 0 Å². The van der Waals surface area contributed by atoms with Crippen molar-refractivity contribution in [2.45, 2.75) is 55.7 Å². The molecule has 4 rings (SSSR count). The maximum atomic E-state index is 13.0. The van der Waals surface area contributed by atoms with E-state index in [1.54, 1.807) is 12.1 Å². The smallest absolute Gasteiger partial charge is 0.314 e. The van der Waals surface area contributed by atoms with Gasteiger partial charge in [0, 0.05) is 12.1 Å². The summed E-state index contributed by atoms with van der Waals surface area (Å²) in [7, 11) is -3.78. The van der Waals surface area contributed by atoms with Crippen LogP contribution in [0.25, 0.3) is 11.5 Å². The second kappa shape index (κ2) is 6.36. The Bertz CT molecular complexity index is 931. The van der Waals surface area contributed by atoms with Crippen molar-refractivity contribution in [3.05, 3.63) is 29.7 Å². The number of hydrogen-bond donors (Lipinski definition) is 1. The first-order chi connectivity index (χ1) is 12.4. The van der Waals surface area contributed by atoms with Crippen LogP contribution >= 0.6 is 0 Å². The van der Waals surface area contributed by atoms with Gasteiger partial charge in [-0.15, -0.1) is 10.2 Å². The topological polar surface area (TPSA) is 96.5 Å². The van der Waals surface area contributed by atoms with E-state index in [-0.39, 0.29) is 22.9 Å². The highest BCUT2D eigenvalue weighted by Crippen LogP contribution is 2.38. The number of aromatic nitrogens is 2. The fourth-order valence-corrected chi connectivity index (χ4v) is 5.50. The number of aliphatic hydroxyl groups is 1. The van der Waals surface area contributed by atoms with E-state index in [4.69, 9.17) is 4.42 Å². The van der Waals surface area contributed by atoms with E-state index in [1.165, 1.54) is 10.4 Å². The van der Waals surface area contributed by atoms with Gasteiger partial charge in [0.25, 0.3) is 5.89 Å². The third-order valence-electron chi connectivity index (χ3n) is 4.92. The summed E-state index contributed by atoms with van der Waals surface area (Å²) >= 11 is 0. The minimum atomic E-state index is -3.78. The van der Waals surface area contributed by atoms with Crippen molar-refractivity contribution in [3.8, 4) is 11.5 Å². The number of halogens is 2. The Hall–Kier alpha value is -1.91. The van der Waals surface area contributed by atoms with Gasteiger partial charge >= 0.3 is 6.43 Å². The molecule has 26 heavy (non-hydrogen) atoms. The number of fused-ring (bicyclic) bond motifs is 1. The van der Waals surface area contributed by atoms with Gasteiger partial charge in [-0.3, -0.25) is 0 Å². The Labute approximate surface area is 148 Å². The van der Waals surface area contributed by atoms with E-state index in [0.717, 1.165) is 12.8 Å². The van der Waals surface area contributed by atoms with E-state index in [2.05, 4.69) is 10.2 Å². The van der Waals surface area contributed by atoms with Gasteiger partial charge in [-0.25, -0.2) is 8.42 Å². The average molecular weight is 385 g/mol. The molecular formula is C16H17F2N3O4S. The molecule has 1 aromatic carbocycles. The van der Waals surface area contributed by atoms with Crippen LogP contribution in [0.15, 0.2) is 27.5 Å². The van der Waals surface area contributed by atoms with Crippen LogP contribution < -0.4 is 0 Å². The summed E-state index contributed by atoms with van der Waals surface area (Å²) in [5, 5.41) is 17.0. The Morgan fingerprint density at radius 1 is 1.23 bits per heavy atom. The highest BCUT2D eigenvalue weighted by Gasteiger charge is 2.42. The number of hydrogen-bond acceptors (Lipinski definition) is 6. The summed E-state index contributed by atoms with van der Waals surface area (Å²) in [6, 6.07) is 4.10. The average Bonchev–Trinajstić information content (AvgIpc) is 3.19. The number of alkyl halides is 2. The lowest BCUT2D eigenvalue weighted by atomic mass is 9.92. The molecule has 0 radical (unpaired) electrons. The highest BCUT2D eigenvalue weighted by molar-refractivity contribution is 7.89. The van der Waals surface area contributed by atoms with E-state index in [9.17, 15) is 22.3 Å². The van der Waals surface area contributed by atoms with Crippen molar-refractivity contribution in [1.82, 2.24) is 14.5 Å². The molecule has 2 aromatic rings. The van der Waals surface area contributed by atoms with Crippen molar-refractivity contribution >= 4 is 10.0 Å². The lowest BCUT2D eigenvalue weighted by Gasteiger charge is -2.33. The van der Waals surface area contributed by atoms with Crippen molar-refractivity contribution in [1.29, 1.82) is 0 Å². The molecule has 1 aliphatic carbocycles. The molecule has 1 aliphatic heterocycles. The molecule has 0 amide bonds. The molecule has 1 N–H and O–H groups in total. The first-order valence-electron chi connectivity index (χ1n) is 8.32. The van der Waals surface area contributed by atoms with Gasteiger partial charge < -0.3 is 9.52 Å². The molecule has 140 valence electrons. The van der Waals surface area contributed by atoms with Gasteiger partial charge in [0.1, 0.15) is 0 Å². The summed E-state index contributed by atoms with van der Waals surface area (Å²) in [4.78, 5) is 0.0876. The molecule has 1 fully saturated rings. The lowest BCUT2D eigenvalue weighted by molar-refractivity contribution is 0.0552. The van der Waals surface area contributed by atoms with Crippen LogP contribution in [0.2, 0.25) is 0 Å². The zero-order valence-corrected chi connectivity index (χ0v) is 14.5. The van der Waals surface area contributed by atoms with Crippen LogP contribution in [0.1, 0.15) is 43.6 Å². The molecular weight excluding hydrogens is 368 g/mol. The Balaban J connectivity index is 1.68. The van der Waals surface area contributed by atoms with Crippen molar-refractivity contribution < 1.29 is 26.7 Å². The zero-order chi connectivity index (χ0) is 18.5. The predicted octanol–water partition coefficient (Wildman–Crippen LogP) is 2.48. The molecule has 0 saturated heterocycles. The molecule has 1 aromatic heterocycles. The maximum absolute atomic E-state index is 13.0. The van der Waals surface area contributed by atoms with Gasteiger partial charge in [-0.2, -0.15) is 13.1 Å². The first-order valence-corrected chi connectivity index (χ1v) is 9.76. The van der Waals surface area contributed by atoms with Crippen molar-refractivity contribution in [2.75, 3.05) is 0 Å². The minimum absolute atomic E-state index is 0.0876. The van der Waals surface area contributed by atoms with Crippen LogP contribution in [0.4, 0.5) is 8.78 Å². The van der Waals surface area contributed by atoms with Crippen LogP contribution in [-0.2, 0) is 16.6 Å². The largest absolute Gasteiger partial charge is 0.415 e. The Morgan fingerprint density at radius 3 is 2.69 bits per heavy atom. The molecule has 0 bridgehead atoms. The third-order valence-corrected chi connectivity index (χ3v) is 6.87. The molecule has 2 aliphatic rings. The number of benzene rings is 1. The second-order valence-electron chi connectivity index (χ2n) is 6.54. The number of nitrogens with zero attached hydrogens (tertiary/aromatic N) is 3. The Morgan fingerprint density at radius 2 is 2.00 bits per heavy atom. The van der Waals surface area contributed by atoms with Gasteiger partial charge in [-0.1, -0.05) is 18.9 Å². The fraction of sp³-hybridized carbons (Fsp3) is 0.500. The summed E-state index contributed by atoms with van der Waals surface area (Å²) in [6.07, 6.45) is -0.631. The van der Waals surface area contributed by atoms with E-state index < -0.39 is 34.5 Å². The van der Waals surface area contributed by atoms with Gasteiger partial charge in [0.15, 0.2) is 0 Å². The SMILES string of the molecule is O=S1(=O)c2cc(-c3nnc(C(F)F)o3)ccc2CN1[C@@H]1CCCC[C@H]1O. The van der Waals surface area contributed by atoms with Crippen LogP contribution in [0, 0.1) is 0 Å². The summed E-state index contributed by atoms with van der Waals surface area (Å²) in [6.45, 7) is 0.186. The zero-order valence-electron chi connectivity index (χ0n) is 13.7. The second-order valence-corrected chi connectivity index (χ2v) is 8.40. The number of aliphatic hydroxyl groups excluding tert-OH is 1. The van der Waals surface area contributed by atoms with Crippen LogP contribution in [0.3, 0.4) is 0 Å². The molecule has 10 heteroatoms. The summed E-state index contributed by atoms with van der Waals surface area (Å²) < 4.78 is 57.4. The normalized spacial score (nSPS) is 25.5. The number of sulfonamides is 1. The monoisotopic (exact) mass is 385 g/mol. The molecule has 0 unspecified atom stereocenters. The molecule has 7 nitrogen and oxygen atoms in total. The van der Waals surface area contributed by atoms with Crippen molar-refractivity contribution in [2.24, 2.45) is 0 Å². The molecule has 2 heterocycles. The molecule has 2 atom stereocenters. The van der Waals surface area contributed by atoms with E-state index >= 15 is 0 Å². The minimum Gasteiger partial charge on any atom is -0.415 e. The summed E-state index contributed by atoms with van der Waals surface area (Å²) in [5.74, 6) is -0.968. The van der Waals surface area contributed by atoms with E-state index in [0.29, 0.717) is 18.4 Å². The molecule has 1 saturated carbocycles. The van der Waals surface area contributed by atoms with Gasteiger partial charge in [0.2, 0.25) is 15.9 Å². The quantitative estimate of drug-likeness (QED) is 0.872. The third kappa shape index (κ3) is 2.81. The van der Waals surface area contributed by atoms with Crippen LogP contribution in [-0.4, -0.2) is 40.2 Å². The van der Waals surface area contributed by atoms with Gasteiger partial charge in [-0.05, 0) is 30.5 Å². The van der Waals surface area contributed by atoms with Gasteiger partial charge in [0.05, 0.1) is 17.0 Å². The highest BCUT2D eigenvalue weighted by atomic mass is 32.2. The fourth-order valence-electron chi connectivity index (χ4n) is 3.60. The number of rotatable bonds is 3. The first kappa shape index (κ1) is 17.5. The maximum Gasteiger partial charge on any atom is 0.314 e. The Kier molecular flexibility index (Phi) is 4.28. The van der Waals surface area contributed by atoms with E-state index in [1.807, 2.05) is 0 Å². The summed E-state index contributed by atoms with van der Waals surface area (Å²) in [5.41, 5.74) is 0.859.